The van der Waals surface area contributed by atoms with Crippen LogP contribution in [0.25, 0.3) is 0 Å². The fraction of sp³-hybridized carbons (Fsp3) is 0.429. The van der Waals surface area contributed by atoms with Gasteiger partial charge in [-0.1, -0.05) is 18.5 Å². The number of halogens is 1. The Kier molecular flexibility index (Phi) is 3.71. The first-order chi connectivity index (χ1) is 8.47. The summed E-state index contributed by atoms with van der Waals surface area (Å²) in [6.07, 6.45) is 0.451. The molecule has 1 saturated heterocycles. The highest BCUT2D eigenvalue weighted by molar-refractivity contribution is 6.31. The van der Waals surface area contributed by atoms with Crippen molar-refractivity contribution >= 4 is 23.3 Å². The smallest absolute Gasteiger partial charge is 0.253 e. The van der Waals surface area contributed by atoms with E-state index in [-0.39, 0.29) is 17.6 Å². The summed E-state index contributed by atoms with van der Waals surface area (Å²) in [5.41, 5.74) is 1.56. The maximum atomic E-state index is 12.3. The molecule has 1 aliphatic heterocycles. The molecule has 1 aliphatic rings. The molecule has 0 aliphatic carbocycles. The molecule has 0 aromatic heterocycles. The lowest BCUT2D eigenvalue weighted by atomic mass is 9.98. The van der Waals surface area contributed by atoms with Gasteiger partial charge in [0.15, 0.2) is 0 Å². The fourth-order valence-corrected chi connectivity index (χ4v) is 2.53. The van der Waals surface area contributed by atoms with Crippen LogP contribution in [0.1, 0.15) is 29.3 Å². The largest absolute Gasteiger partial charge is 0.337 e. The molecule has 0 radical (unpaired) electrons. The number of piperidine rings is 1. The zero-order valence-corrected chi connectivity index (χ0v) is 11.3. The Bertz CT molecular complexity index is 478. The summed E-state index contributed by atoms with van der Waals surface area (Å²) in [5, 5.41) is 0.569. The van der Waals surface area contributed by atoms with Crippen LogP contribution in [-0.4, -0.2) is 29.7 Å². The highest BCUT2D eigenvalue weighted by Crippen LogP contribution is 2.19. The Morgan fingerprint density at radius 2 is 2.11 bits per heavy atom. The Labute approximate surface area is 112 Å². The predicted molar refractivity (Wildman–Crippen MR) is 70.9 cm³/mol. The molecule has 2 rings (SSSR count). The van der Waals surface area contributed by atoms with Gasteiger partial charge < -0.3 is 4.90 Å². The van der Waals surface area contributed by atoms with E-state index in [0.29, 0.717) is 30.1 Å². The normalized spacial score (nSPS) is 20.1. The standard InChI is InChI=1S/C14H16ClNO2/c1-9-5-11(7-12(15)6-9)14(18)16-4-3-13(17)10(2)8-16/h5-7,10H,3-4,8H2,1-2H3. The van der Waals surface area contributed by atoms with Gasteiger partial charge in [-0.15, -0.1) is 0 Å². The van der Waals surface area contributed by atoms with Gasteiger partial charge in [-0.2, -0.15) is 0 Å². The predicted octanol–water partition coefficient (Wildman–Crippen LogP) is 2.70. The number of hydrogen-bond donors (Lipinski definition) is 0. The number of carbonyl (C=O) groups is 2. The number of amides is 1. The zero-order chi connectivity index (χ0) is 13.3. The number of carbonyl (C=O) groups excluding carboxylic acids is 2. The van der Waals surface area contributed by atoms with E-state index in [1.54, 1.807) is 11.0 Å². The van der Waals surface area contributed by atoms with Crippen molar-refractivity contribution in [3.8, 4) is 0 Å². The van der Waals surface area contributed by atoms with Crippen molar-refractivity contribution in [2.45, 2.75) is 20.3 Å². The summed E-state index contributed by atoms with van der Waals surface area (Å²) in [7, 11) is 0. The lowest BCUT2D eigenvalue weighted by Gasteiger charge is -2.30. The molecule has 1 amide bonds. The molecule has 0 bridgehead atoms. The van der Waals surface area contributed by atoms with Crippen LogP contribution >= 0.6 is 11.6 Å². The average molecular weight is 266 g/mol. The summed E-state index contributed by atoms with van der Waals surface area (Å²) in [4.78, 5) is 25.5. The third kappa shape index (κ3) is 2.72. The summed E-state index contributed by atoms with van der Waals surface area (Å²) < 4.78 is 0. The molecule has 1 aromatic rings. The Morgan fingerprint density at radius 3 is 2.72 bits per heavy atom. The number of ketones is 1. The second-order valence-electron chi connectivity index (χ2n) is 4.89. The molecule has 1 atom stereocenters. The average Bonchev–Trinajstić information content (AvgIpc) is 2.30. The molecule has 0 N–H and O–H groups in total. The number of Topliss-reactive ketones (excluding diaryl/α,β-unsaturated/α-hetero) is 1. The maximum absolute atomic E-state index is 12.3. The molecule has 1 heterocycles. The van der Waals surface area contributed by atoms with Crippen molar-refractivity contribution in [2.24, 2.45) is 5.92 Å². The van der Waals surface area contributed by atoms with Gasteiger partial charge in [0.2, 0.25) is 0 Å². The third-order valence-corrected chi connectivity index (χ3v) is 3.47. The molecule has 0 spiro atoms. The first-order valence-corrected chi connectivity index (χ1v) is 6.44. The molecule has 0 saturated carbocycles. The summed E-state index contributed by atoms with van der Waals surface area (Å²) in [6.45, 7) is 4.78. The molecule has 3 nitrogen and oxygen atoms in total. The number of nitrogens with zero attached hydrogens (tertiary/aromatic N) is 1. The van der Waals surface area contributed by atoms with Gasteiger partial charge in [-0.25, -0.2) is 0 Å². The number of hydrogen-bond acceptors (Lipinski definition) is 2. The molecule has 4 heteroatoms. The first-order valence-electron chi connectivity index (χ1n) is 6.06. The van der Waals surface area contributed by atoms with Crippen LogP contribution in [0.2, 0.25) is 5.02 Å². The van der Waals surface area contributed by atoms with Gasteiger partial charge in [0, 0.05) is 36.0 Å². The highest BCUT2D eigenvalue weighted by atomic mass is 35.5. The third-order valence-electron chi connectivity index (χ3n) is 3.25. The molecule has 1 unspecified atom stereocenters. The SMILES string of the molecule is Cc1cc(Cl)cc(C(=O)N2CCC(=O)C(C)C2)c1. The Balaban J connectivity index is 2.18. The Morgan fingerprint density at radius 1 is 1.39 bits per heavy atom. The minimum atomic E-state index is -0.0667. The van der Waals surface area contributed by atoms with Gasteiger partial charge in [0.25, 0.3) is 5.91 Å². The van der Waals surface area contributed by atoms with Gasteiger partial charge in [-0.05, 0) is 30.7 Å². The first kappa shape index (κ1) is 13.1. The van der Waals surface area contributed by atoms with Crippen molar-refractivity contribution in [1.82, 2.24) is 4.90 Å². The lowest BCUT2D eigenvalue weighted by molar-refractivity contribution is -0.124. The van der Waals surface area contributed by atoms with Crippen molar-refractivity contribution < 1.29 is 9.59 Å². The molecular formula is C14H16ClNO2. The number of aryl methyl sites for hydroxylation is 1. The van der Waals surface area contributed by atoms with Gasteiger partial charge in [0.1, 0.15) is 5.78 Å². The van der Waals surface area contributed by atoms with E-state index in [4.69, 9.17) is 11.6 Å². The summed E-state index contributed by atoms with van der Waals surface area (Å²) >= 11 is 5.96. The second-order valence-corrected chi connectivity index (χ2v) is 5.32. The van der Waals surface area contributed by atoms with E-state index >= 15 is 0 Å². The second kappa shape index (κ2) is 5.11. The Hall–Kier alpha value is -1.35. The van der Waals surface area contributed by atoms with Crippen molar-refractivity contribution in [1.29, 1.82) is 0 Å². The van der Waals surface area contributed by atoms with Crippen LogP contribution in [0.4, 0.5) is 0 Å². The molecule has 1 fully saturated rings. The maximum Gasteiger partial charge on any atom is 0.253 e. The van der Waals surface area contributed by atoms with E-state index in [1.807, 2.05) is 26.0 Å². The zero-order valence-electron chi connectivity index (χ0n) is 10.6. The van der Waals surface area contributed by atoms with Crippen LogP contribution in [0, 0.1) is 12.8 Å². The lowest BCUT2D eigenvalue weighted by Crippen LogP contribution is -2.43. The molecule has 96 valence electrons. The van der Waals surface area contributed by atoms with Crippen LogP contribution < -0.4 is 0 Å². The van der Waals surface area contributed by atoms with Gasteiger partial charge in [0.05, 0.1) is 0 Å². The molecule has 1 aromatic carbocycles. The minimum absolute atomic E-state index is 0.0417. The monoisotopic (exact) mass is 265 g/mol. The minimum Gasteiger partial charge on any atom is -0.337 e. The van der Waals surface area contributed by atoms with Crippen molar-refractivity contribution in [2.75, 3.05) is 13.1 Å². The van der Waals surface area contributed by atoms with E-state index < -0.39 is 0 Å². The highest BCUT2D eigenvalue weighted by Gasteiger charge is 2.27. The van der Waals surface area contributed by atoms with Crippen LogP contribution in [-0.2, 0) is 4.79 Å². The molecule has 18 heavy (non-hydrogen) atoms. The summed E-state index contributed by atoms with van der Waals surface area (Å²) in [6, 6.07) is 5.33. The number of benzene rings is 1. The van der Waals surface area contributed by atoms with E-state index in [1.165, 1.54) is 0 Å². The summed E-state index contributed by atoms with van der Waals surface area (Å²) in [5.74, 6) is 0.129. The van der Waals surface area contributed by atoms with Crippen LogP contribution in [0.5, 0.6) is 0 Å². The van der Waals surface area contributed by atoms with Crippen LogP contribution in [0.3, 0.4) is 0 Å². The van der Waals surface area contributed by atoms with Crippen molar-refractivity contribution in [3.05, 3.63) is 34.3 Å². The quantitative estimate of drug-likeness (QED) is 0.783. The van der Waals surface area contributed by atoms with E-state index in [9.17, 15) is 9.59 Å². The topological polar surface area (TPSA) is 37.4 Å². The van der Waals surface area contributed by atoms with Gasteiger partial charge in [-0.3, -0.25) is 9.59 Å². The number of rotatable bonds is 1. The van der Waals surface area contributed by atoms with Crippen LogP contribution in [0.15, 0.2) is 18.2 Å². The fourth-order valence-electron chi connectivity index (χ4n) is 2.24. The van der Waals surface area contributed by atoms with E-state index in [2.05, 4.69) is 0 Å². The molecular weight excluding hydrogens is 250 g/mol. The number of likely N-dealkylation sites (tertiary alicyclic amines) is 1. The van der Waals surface area contributed by atoms with Crippen molar-refractivity contribution in [3.63, 3.8) is 0 Å². The van der Waals surface area contributed by atoms with Gasteiger partial charge >= 0.3 is 0 Å². The van der Waals surface area contributed by atoms with E-state index in [0.717, 1.165) is 5.56 Å².